The molecule has 0 fully saturated rings. The Morgan fingerprint density at radius 2 is 2.00 bits per heavy atom. The Bertz CT molecular complexity index is 679. The lowest BCUT2D eigenvalue weighted by Gasteiger charge is -2.19. The van der Waals surface area contributed by atoms with E-state index >= 15 is 0 Å². The minimum atomic E-state index is -5.86. The summed E-state index contributed by atoms with van der Waals surface area (Å²) in [5.41, 5.74) is 1.73. The van der Waals surface area contributed by atoms with Gasteiger partial charge in [0.05, 0.1) is 0 Å². The normalized spacial score (nSPS) is 14.7. The number of alkyl halides is 2. The molecular formula is C12H9F2O5S-. The van der Waals surface area contributed by atoms with E-state index in [4.69, 9.17) is 0 Å². The molecule has 0 saturated heterocycles. The van der Waals surface area contributed by atoms with E-state index in [0.29, 0.717) is 0 Å². The number of carbonyl (C=O) groups excluding carboxylic acids is 1. The van der Waals surface area contributed by atoms with Crippen LogP contribution in [0.4, 0.5) is 8.78 Å². The number of rotatable bonds is 4. The van der Waals surface area contributed by atoms with E-state index in [-0.39, 0.29) is 12.0 Å². The second-order valence-corrected chi connectivity index (χ2v) is 5.72. The fourth-order valence-corrected chi connectivity index (χ4v) is 1.93. The highest BCUT2D eigenvalue weighted by atomic mass is 32.2. The monoisotopic (exact) mass is 303 g/mol. The van der Waals surface area contributed by atoms with E-state index in [9.17, 15) is 26.5 Å². The molecule has 0 aromatic heterocycles. The summed E-state index contributed by atoms with van der Waals surface area (Å²) in [5, 5.41) is -4.63. The molecular weight excluding hydrogens is 294 g/mol. The molecule has 108 valence electrons. The molecule has 1 aliphatic carbocycles. The van der Waals surface area contributed by atoms with Crippen LogP contribution in [0.1, 0.15) is 11.1 Å². The molecule has 0 aliphatic heterocycles. The highest BCUT2D eigenvalue weighted by Gasteiger charge is 2.39. The SMILES string of the molecule is O=C(OCC(F)(F)S(=O)(=O)[O-])C1=Cc2ccccc2C1. The number of ether oxygens (including phenoxy) is 1. The van der Waals surface area contributed by atoms with Crippen LogP contribution in [-0.2, 0) is 26.1 Å². The number of hydrogen-bond acceptors (Lipinski definition) is 5. The first-order chi connectivity index (χ1) is 9.21. The van der Waals surface area contributed by atoms with Gasteiger partial charge in [-0.05, 0) is 17.2 Å². The molecule has 8 heteroatoms. The van der Waals surface area contributed by atoms with Crippen LogP contribution >= 0.6 is 0 Å². The molecule has 1 aromatic carbocycles. The first-order valence-electron chi connectivity index (χ1n) is 5.49. The first-order valence-corrected chi connectivity index (χ1v) is 6.90. The van der Waals surface area contributed by atoms with Crippen molar-refractivity contribution in [3.8, 4) is 0 Å². The zero-order chi connectivity index (χ0) is 15.0. The van der Waals surface area contributed by atoms with Gasteiger partial charge in [-0.2, -0.15) is 8.78 Å². The molecule has 2 rings (SSSR count). The van der Waals surface area contributed by atoms with Crippen LogP contribution in [0.3, 0.4) is 0 Å². The lowest BCUT2D eigenvalue weighted by atomic mass is 10.1. The van der Waals surface area contributed by atoms with Crippen molar-refractivity contribution >= 4 is 22.2 Å². The first kappa shape index (κ1) is 14.6. The second kappa shape index (κ2) is 4.95. The van der Waals surface area contributed by atoms with E-state index < -0.39 is 27.9 Å². The van der Waals surface area contributed by atoms with Gasteiger partial charge in [-0.3, -0.25) is 0 Å². The van der Waals surface area contributed by atoms with Crippen LogP contribution in [-0.4, -0.2) is 30.8 Å². The maximum Gasteiger partial charge on any atom is 0.367 e. The third-order valence-corrected chi connectivity index (χ3v) is 3.61. The largest absolute Gasteiger partial charge is 0.743 e. The van der Waals surface area contributed by atoms with Crippen LogP contribution in [0.2, 0.25) is 0 Å². The second-order valence-electron chi connectivity index (χ2n) is 4.21. The number of halogens is 2. The molecule has 0 saturated carbocycles. The Morgan fingerprint density at radius 3 is 2.60 bits per heavy atom. The van der Waals surface area contributed by atoms with E-state index in [2.05, 4.69) is 4.74 Å². The Hall–Kier alpha value is -1.80. The van der Waals surface area contributed by atoms with E-state index in [1.54, 1.807) is 24.3 Å². The van der Waals surface area contributed by atoms with Crippen molar-refractivity contribution in [1.82, 2.24) is 0 Å². The standard InChI is InChI=1S/C12H10F2O5S/c13-12(14,20(16,17)18)7-19-11(15)10-5-8-3-1-2-4-9(8)6-10/h1-5H,6-7H2,(H,16,17,18)/p-1. The van der Waals surface area contributed by atoms with Gasteiger partial charge >= 0.3 is 11.2 Å². The number of hydrogen-bond donors (Lipinski definition) is 0. The molecule has 0 N–H and O–H groups in total. The topological polar surface area (TPSA) is 83.5 Å². The van der Waals surface area contributed by atoms with Crippen molar-refractivity contribution < 1.29 is 31.3 Å². The zero-order valence-electron chi connectivity index (χ0n) is 10.0. The Labute approximate surface area is 113 Å². The summed E-state index contributed by atoms with van der Waals surface area (Å²) in [7, 11) is -5.86. The number of fused-ring (bicyclic) bond motifs is 1. The Balaban J connectivity index is 2.02. The van der Waals surface area contributed by atoms with Crippen LogP contribution in [0.15, 0.2) is 29.8 Å². The summed E-state index contributed by atoms with van der Waals surface area (Å²) in [4.78, 5) is 11.6. The van der Waals surface area contributed by atoms with Gasteiger partial charge < -0.3 is 9.29 Å². The fraction of sp³-hybridized carbons (Fsp3) is 0.250. The van der Waals surface area contributed by atoms with Gasteiger partial charge in [0.2, 0.25) is 0 Å². The van der Waals surface area contributed by atoms with Crippen LogP contribution in [0.25, 0.3) is 6.08 Å². The van der Waals surface area contributed by atoms with Crippen molar-refractivity contribution in [3.05, 3.63) is 41.0 Å². The van der Waals surface area contributed by atoms with Gasteiger partial charge in [0.25, 0.3) is 0 Å². The van der Waals surface area contributed by atoms with Crippen LogP contribution < -0.4 is 0 Å². The third kappa shape index (κ3) is 2.86. The highest BCUT2D eigenvalue weighted by Crippen LogP contribution is 2.26. The molecule has 0 unspecified atom stereocenters. The van der Waals surface area contributed by atoms with Crippen molar-refractivity contribution in [1.29, 1.82) is 0 Å². The summed E-state index contributed by atoms with van der Waals surface area (Å²) >= 11 is 0. The Kier molecular flexibility index (Phi) is 3.61. The summed E-state index contributed by atoms with van der Waals surface area (Å²) in [6.07, 6.45) is 1.69. The molecule has 1 aromatic rings. The van der Waals surface area contributed by atoms with Gasteiger partial charge in [0, 0.05) is 12.0 Å². The minimum absolute atomic E-state index is 0.130. The fourth-order valence-electron chi connectivity index (χ4n) is 1.73. The summed E-state index contributed by atoms with van der Waals surface area (Å²) < 4.78 is 60.7. The molecule has 0 heterocycles. The summed E-state index contributed by atoms with van der Waals surface area (Å²) in [5.74, 6) is -1.07. The van der Waals surface area contributed by atoms with Crippen molar-refractivity contribution in [2.45, 2.75) is 11.7 Å². The van der Waals surface area contributed by atoms with Crippen molar-refractivity contribution in [3.63, 3.8) is 0 Å². The van der Waals surface area contributed by atoms with Crippen molar-refractivity contribution in [2.75, 3.05) is 6.61 Å². The lowest BCUT2D eigenvalue weighted by Crippen LogP contribution is -2.35. The molecule has 20 heavy (non-hydrogen) atoms. The van der Waals surface area contributed by atoms with Gasteiger partial charge in [0.1, 0.15) is 0 Å². The lowest BCUT2D eigenvalue weighted by molar-refractivity contribution is -0.144. The summed E-state index contributed by atoms with van der Waals surface area (Å²) in [6, 6.07) is 7.02. The van der Waals surface area contributed by atoms with Crippen LogP contribution in [0, 0.1) is 0 Å². The highest BCUT2D eigenvalue weighted by molar-refractivity contribution is 7.86. The molecule has 0 bridgehead atoms. The third-order valence-electron chi connectivity index (χ3n) is 2.76. The predicted molar refractivity (Wildman–Crippen MR) is 63.7 cm³/mol. The zero-order valence-corrected chi connectivity index (χ0v) is 10.8. The van der Waals surface area contributed by atoms with Gasteiger partial charge in [-0.15, -0.1) is 0 Å². The van der Waals surface area contributed by atoms with Gasteiger partial charge in [-0.25, -0.2) is 13.2 Å². The van der Waals surface area contributed by atoms with Crippen LogP contribution in [0.5, 0.6) is 0 Å². The summed E-state index contributed by atoms with van der Waals surface area (Å²) in [6.45, 7) is -1.79. The van der Waals surface area contributed by atoms with E-state index in [1.807, 2.05) is 0 Å². The number of esters is 1. The van der Waals surface area contributed by atoms with Gasteiger partial charge in [0.15, 0.2) is 16.7 Å². The molecule has 0 amide bonds. The molecule has 1 aliphatic rings. The maximum absolute atomic E-state index is 12.8. The van der Waals surface area contributed by atoms with E-state index in [1.165, 1.54) is 6.08 Å². The smallest absolute Gasteiger partial charge is 0.367 e. The average molecular weight is 303 g/mol. The predicted octanol–water partition coefficient (Wildman–Crippen LogP) is 1.31. The molecule has 0 radical (unpaired) electrons. The Morgan fingerprint density at radius 1 is 1.35 bits per heavy atom. The molecule has 5 nitrogen and oxygen atoms in total. The number of carbonyl (C=O) groups is 1. The number of benzene rings is 1. The average Bonchev–Trinajstić information content (AvgIpc) is 2.78. The molecule has 0 spiro atoms. The minimum Gasteiger partial charge on any atom is -0.743 e. The van der Waals surface area contributed by atoms with Gasteiger partial charge in [-0.1, -0.05) is 24.3 Å². The molecule has 0 atom stereocenters. The maximum atomic E-state index is 12.8. The van der Waals surface area contributed by atoms with Crippen molar-refractivity contribution in [2.24, 2.45) is 0 Å². The quantitative estimate of drug-likeness (QED) is 0.618. The van der Waals surface area contributed by atoms with E-state index in [0.717, 1.165) is 11.1 Å².